The van der Waals surface area contributed by atoms with Crippen LogP contribution in [0.4, 0.5) is 11.4 Å². The predicted octanol–water partition coefficient (Wildman–Crippen LogP) is 3.87. The summed E-state index contributed by atoms with van der Waals surface area (Å²) in [6, 6.07) is 20.0. The van der Waals surface area contributed by atoms with Crippen molar-refractivity contribution in [3.8, 4) is 0 Å². The molecule has 1 saturated heterocycles. The zero-order valence-electron chi connectivity index (χ0n) is 20.1. The van der Waals surface area contributed by atoms with Crippen LogP contribution in [-0.4, -0.2) is 46.7 Å². The molecule has 0 aliphatic carbocycles. The number of amides is 1. The van der Waals surface area contributed by atoms with Crippen molar-refractivity contribution in [2.45, 2.75) is 29.1 Å². The van der Waals surface area contributed by atoms with Gasteiger partial charge in [-0.05, 0) is 78.9 Å². The number of carbonyl (C=O) groups is 1. The average Bonchev–Trinajstić information content (AvgIpc) is 3.59. The van der Waals surface area contributed by atoms with Crippen molar-refractivity contribution in [2.24, 2.45) is 0 Å². The monoisotopic (exact) mass is 537 g/mol. The Morgan fingerprint density at radius 1 is 0.757 bits per heavy atom. The van der Waals surface area contributed by atoms with Gasteiger partial charge < -0.3 is 5.32 Å². The zero-order chi connectivity index (χ0) is 26.0. The summed E-state index contributed by atoms with van der Waals surface area (Å²) in [4.78, 5) is 12.8. The first-order valence-corrected chi connectivity index (χ1v) is 14.9. The van der Waals surface area contributed by atoms with Gasteiger partial charge in [0.25, 0.3) is 10.0 Å². The molecular formula is C27H27N3O5S2. The summed E-state index contributed by atoms with van der Waals surface area (Å²) < 4.78 is 54.5. The molecule has 10 heteroatoms. The fourth-order valence-electron chi connectivity index (χ4n) is 4.58. The number of sulfonamides is 2. The molecule has 0 radical (unpaired) electrons. The highest BCUT2D eigenvalue weighted by Crippen LogP contribution is 2.32. The number of fused-ring (bicyclic) bond motifs is 1. The second-order valence-electron chi connectivity index (χ2n) is 8.98. The topological polar surface area (TPSA) is 104 Å². The van der Waals surface area contributed by atoms with E-state index >= 15 is 0 Å². The Morgan fingerprint density at radius 2 is 1.38 bits per heavy atom. The summed E-state index contributed by atoms with van der Waals surface area (Å²) in [5.41, 5.74) is 2.87. The first-order valence-electron chi connectivity index (χ1n) is 12.1. The highest BCUT2D eigenvalue weighted by Gasteiger charge is 2.30. The van der Waals surface area contributed by atoms with Gasteiger partial charge in [0.2, 0.25) is 15.9 Å². The van der Waals surface area contributed by atoms with Crippen molar-refractivity contribution in [1.82, 2.24) is 4.31 Å². The molecule has 8 nitrogen and oxygen atoms in total. The van der Waals surface area contributed by atoms with Gasteiger partial charge in [-0.25, -0.2) is 16.8 Å². The minimum absolute atomic E-state index is 0.190. The number of benzene rings is 3. The van der Waals surface area contributed by atoms with Crippen LogP contribution < -0.4 is 9.62 Å². The van der Waals surface area contributed by atoms with E-state index in [0.29, 0.717) is 43.0 Å². The van der Waals surface area contributed by atoms with Gasteiger partial charge in [-0.2, -0.15) is 4.31 Å². The molecule has 0 atom stereocenters. The summed E-state index contributed by atoms with van der Waals surface area (Å²) in [7, 11) is -7.18. The van der Waals surface area contributed by atoms with Crippen LogP contribution in [0.3, 0.4) is 0 Å². The summed E-state index contributed by atoms with van der Waals surface area (Å²) in [5.74, 6) is -0.388. The third kappa shape index (κ3) is 5.18. The van der Waals surface area contributed by atoms with Crippen LogP contribution in [0, 0.1) is 0 Å². The standard InChI is InChI=1S/C27H27N3O5S2/c31-27(28-23-10-14-24(15-11-23)36(32,33)29-18-3-4-19-29)16-9-21-7-12-25(13-8-21)37(34,35)30-20-17-22-5-1-2-6-26(22)30/h1-2,5-16H,3-4,17-20H2,(H,28,31). The van der Waals surface area contributed by atoms with E-state index in [1.54, 1.807) is 30.3 Å². The van der Waals surface area contributed by atoms with Crippen molar-refractivity contribution in [3.63, 3.8) is 0 Å². The Bertz CT molecular complexity index is 1540. The van der Waals surface area contributed by atoms with Crippen molar-refractivity contribution < 1.29 is 21.6 Å². The molecule has 192 valence electrons. The first-order chi connectivity index (χ1) is 17.7. The van der Waals surface area contributed by atoms with Crippen LogP contribution in [0.1, 0.15) is 24.0 Å². The molecule has 0 spiro atoms. The molecule has 1 amide bonds. The van der Waals surface area contributed by atoms with Gasteiger partial charge >= 0.3 is 0 Å². The average molecular weight is 538 g/mol. The van der Waals surface area contributed by atoms with Gasteiger partial charge in [0, 0.05) is 31.4 Å². The van der Waals surface area contributed by atoms with Crippen LogP contribution in [0.2, 0.25) is 0 Å². The Kier molecular flexibility index (Phi) is 6.89. The molecule has 37 heavy (non-hydrogen) atoms. The van der Waals surface area contributed by atoms with Crippen molar-refractivity contribution in [3.05, 3.63) is 90.0 Å². The molecule has 2 heterocycles. The van der Waals surface area contributed by atoms with Crippen LogP contribution in [0.5, 0.6) is 0 Å². The molecule has 3 aromatic rings. The maximum atomic E-state index is 13.1. The minimum Gasteiger partial charge on any atom is -0.323 e. The molecule has 0 aromatic heterocycles. The molecule has 2 aliphatic rings. The summed E-state index contributed by atoms with van der Waals surface area (Å²) >= 11 is 0. The maximum Gasteiger partial charge on any atom is 0.264 e. The fraction of sp³-hybridized carbons (Fsp3) is 0.222. The molecule has 3 aromatic carbocycles. The van der Waals surface area contributed by atoms with E-state index in [1.807, 2.05) is 24.3 Å². The molecule has 0 unspecified atom stereocenters. The lowest BCUT2D eigenvalue weighted by atomic mass is 10.2. The van der Waals surface area contributed by atoms with Crippen molar-refractivity contribution in [1.29, 1.82) is 0 Å². The smallest absolute Gasteiger partial charge is 0.264 e. The fourth-order valence-corrected chi connectivity index (χ4v) is 7.60. The lowest BCUT2D eigenvalue weighted by molar-refractivity contribution is -0.111. The quantitative estimate of drug-likeness (QED) is 0.461. The number of nitrogens with one attached hydrogen (secondary N) is 1. The second-order valence-corrected chi connectivity index (χ2v) is 12.8. The van der Waals surface area contributed by atoms with Gasteiger partial charge in [0.15, 0.2) is 0 Å². The predicted molar refractivity (Wildman–Crippen MR) is 143 cm³/mol. The van der Waals surface area contributed by atoms with E-state index in [1.165, 1.54) is 39.0 Å². The highest BCUT2D eigenvalue weighted by atomic mass is 32.2. The number of rotatable bonds is 7. The Hall–Kier alpha value is -3.47. The van der Waals surface area contributed by atoms with Crippen LogP contribution >= 0.6 is 0 Å². The van der Waals surface area contributed by atoms with E-state index in [4.69, 9.17) is 0 Å². The van der Waals surface area contributed by atoms with Gasteiger partial charge in [0.05, 0.1) is 15.5 Å². The number of hydrogen-bond donors (Lipinski definition) is 1. The van der Waals surface area contributed by atoms with Crippen LogP contribution in [0.15, 0.2) is 88.7 Å². The van der Waals surface area contributed by atoms with E-state index in [9.17, 15) is 21.6 Å². The number of carbonyl (C=O) groups excluding carboxylic acids is 1. The van der Waals surface area contributed by atoms with Crippen LogP contribution in [-0.2, 0) is 31.3 Å². The molecule has 0 saturated carbocycles. The van der Waals surface area contributed by atoms with Crippen LogP contribution in [0.25, 0.3) is 6.08 Å². The molecule has 0 bridgehead atoms. The van der Waals surface area contributed by atoms with Crippen molar-refractivity contribution in [2.75, 3.05) is 29.3 Å². The third-order valence-electron chi connectivity index (χ3n) is 6.56. The van der Waals surface area contributed by atoms with Gasteiger partial charge in [0.1, 0.15) is 0 Å². The number of hydrogen-bond acceptors (Lipinski definition) is 5. The Labute approximate surface area is 217 Å². The summed E-state index contributed by atoms with van der Waals surface area (Å²) in [6.07, 6.45) is 5.34. The lowest BCUT2D eigenvalue weighted by Crippen LogP contribution is -2.29. The molecule has 2 aliphatic heterocycles. The molecule has 5 rings (SSSR count). The van der Waals surface area contributed by atoms with E-state index in [2.05, 4.69) is 5.32 Å². The number of para-hydroxylation sites is 1. The SMILES string of the molecule is O=C(C=Cc1ccc(S(=O)(=O)N2CCc3ccccc32)cc1)Nc1ccc(S(=O)(=O)N2CCCC2)cc1. The molecular weight excluding hydrogens is 510 g/mol. The normalized spacial score (nSPS) is 16.3. The number of nitrogens with zero attached hydrogens (tertiary/aromatic N) is 2. The zero-order valence-corrected chi connectivity index (χ0v) is 21.7. The maximum absolute atomic E-state index is 13.1. The van der Waals surface area contributed by atoms with Gasteiger partial charge in [-0.15, -0.1) is 0 Å². The van der Waals surface area contributed by atoms with Crippen molar-refractivity contribution >= 4 is 43.4 Å². The first kappa shape index (κ1) is 25.2. The Morgan fingerprint density at radius 3 is 2.08 bits per heavy atom. The van der Waals surface area contributed by atoms with Gasteiger partial charge in [-0.1, -0.05) is 30.3 Å². The van der Waals surface area contributed by atoms with Gasteiger partial charge in [-0.3, -0.25) is 9.10 Å². The number of anilines is 2. The molecule has 1 N–H and O–H groups in total. The third-order valence-corrected chi connectivity index (χ3v) is 10.3. The minimum atomic E-state index is -3.68. The highest BCUT2D eigenvalue weighted by molar-refractivity contribution is 7.92. The lowest BCUT2D eigenvalue weighted by Gasteiger charge is -2.19. The van der Waals surface area contributed by atoms with E-state index in [-0.39, 0.29) is 15.7 Å². The Balaban J connectivity index is 1.21. The molecule has 1 fully saturated rings. The largest absolute Gasteiger partial charge is 0.323 e. The van der Waals surface area contributed by atoms with E-state index < -0.39 is 20.0 Å². The summed E-state index contributed by atoms with van der Waals surface area (Å²) in [6.45, 7) is 1.48. The van der Waals surface area contributed by atoms with E-state index in [0.717, 1.165) is 18.4 Å². The second kappa shape index (κ2) is 10.1. The summed E-state index contributed by atoms with van der Waals surface area (Å²) in [5, 5.41) is 2.71.